The van der Waals surface area contributed by atoms with E-state index in [2.05, 4.69) is 42.9 Å². The predicted octanol–water partition coefficient (Wildman–Crippen LogP) is 5.59. The van der Waals surface area contributed by atoms with Crippen LogP contribution in [0.25, 0.3) is 10.9 Å². The van der Waals surface area contributed by atoms with E-state index in [0.29, 0.717) is 6.04 Å². The summed E-state index contributed by atoms with van der Waals surface area (Å²) < 4.78 is 13.4. The van der Waals surface area contributed by atoms with Gasteiger partial charge >= 0.3 is 0 Å². The van der Waals surface area contributed by atoms with Crippen molar-refractivity contribution in [3.05, 3.63) is 70.2 Å². The number of H-pyrrole nitrogens is 1. The molecule has 2 heterocycles. The van der Waals surface area contributed by atoms with Gasteiger partial charge in [0.05, 0.1) is 0 Å². The molecule has 0 aliphatic carbocycles. The first-order valence-corrected chi connectivity index (χ1v) is 10.2. The molecule has 27 heavy (non-hydrogen) atoms. The van der Waals surface area contributed by atoms with Crippen molar-refractivity contribution in [2.75, 3.05) is 13.6 Å². The molecule has 1 aromatic heterocycles. The molecule has 142 valence electrons. The average molecular weight is 365 g/mol. The molecule has 1 N–H and O–H groups in total. The summed E-state index contributed by atoms with van der Waals surface area (Å²) in [5.41, 5.74) is 8.24. The second-order valence-electron chi connectivity index (χ2n) is 7.82. The zero-order valence-corrected chi connectivity index (χ0v) is 16.6. The molecule has 0 spiro atoms. The molecule has 1 aliphatic rings. The standard InChI is InChI=1S/C24H29FN2/c1-4-16-12-18-10-11-27(3)24(22(18)13-17(16)5-2)9-6-19-15-26-23-14-20(25)7-8-21(19)23/h7-8,12-15,24,26H,4-6,9-11H2,1-3H3. The van der Waals surface area contributed by atoms with Crippen LogP contribution in [0.1, 0.15) is 54.1 Å². The number of nitrogens with zero attached hydrogens (tertiary/aromatic N) is 1. The van der Waals surface area contributed by atoms with Crippen molar-refractivity contribution in [3.8, 4) is 0 Å². The second-order valence-corrected chi connectivity index (χ2v) is 7.82. The molecular weight excluding hydrogens is 335 g/mol. The molecule has 3 heteroatoms. The van der Waals surface area contributed by atoms with Crippen molar-refractivity contribution in [1.82, 2.24) is 9.88 Å². The number of benzene rings is 2. The van der Waals surface area contributed by atoms with Gasteiger partial charge in [-0.2, -0.15) is 0 Å². The molecule has 0 saturated carbocycles. The number of aryl methyl sites for hydroxylation is 3. The summed E-state index contributed by atoms with van der Waals surface area (Å²) in [6, 6.07) is 10.4. The van der Waals surface area contributed by atoms with Crippen LogP contribution in [-0.4, -0.2) is 23.5 Å². The summed E-state index contributed by atoms with van der Waals surface area (Å²) in [5, 5.41) is 1.14. The van der Waals surface area contributed by atoms with Crippen LogP contribution >= 0.6 is 0 Å². The Balaban J connectivity index is 1.62. The molecule has 1 unspecified atom stereocenters. The van der Waals surface area contributed by atoms with Crippen LogP contribution in [0.15, 0.2) is 36.5 Å². The van der Waals surface area contributed by atoms with Crippen molar-refractivity contribution in [2.24, 2.45) is 0 Å². The van der Waals surface area contributed by atoms with Gasteiger partial charge in [0, 0.05) is 29.7 Å². The van der Waals surface area contributed by atoms with Crippen LogP contribution in [0.4, 0.5) is 4.39 Å². The fourth-order valence-corrected chi connectivity index (χ4v) is 4.67. The summed E-state index contributed by atoms with van der Waals surface area (Å²) in [5.74, 6) is -0.185. The van der Waals surface area contributed by atoms with E-state index in [1.165, 1.54) is 27.8 Å². The third-order valence-corrected chi connectivity index (χ3v) is 6.26. The number of halogens is 1. The van der Waals surface area contributed by atoms with E-state index in [1.807, 2.05) is 12.3 Å². The smallest absolute Gasteiger partial charge is 0.125 e. The van der Waals surface area contributed by atoms with E-state index in [1.54, 1.807) is 12.1 Å². The van der Waals surface area contributed by atoms with Gasteiger partial charge in [0.25, 0.3) is 0 Å². The van der Waals surface area contributed by atoms with Gasteiger partial charge in [-0.25, -0.2) is 4.39 Å². The highest BCUT2D eigenvalue weighted by atomic mass is 19.1. The quantitative estimate of drug-likeness (QED) is 0.625. The lowest BCUT2D eigenvalue weighted by Gasteiger charge is -2.35. The van der Waals surface area contributed by atoms with Crippen LogP contribution in [0.5, 0.6) is 0 Å². The number of aromatic nitrogens is 1. The number of likely N-dealkylation sites (N-methyl/N-ethyl adjacent to an activating group) is 1. The second kappa shape index (κ2) is 7.47. The van der Waals surface area contributed by atoms with E-state index >= 15 is 0 Å². The van der Waals surface area contributed by atoms with E-state index in [4.69, 9.17) is 0 Å². The molecule has 1 atom stereocenters. The topological polar surface area (TPSA) is 19.0 Å². The lowest BCUT2D eigenvalue weighted by Crippen LogP contribution is -2.32. The molecular formula is C24H29FN2. The number of hydrogen-bond donors (Lipinski definition) is 1. The maximum Gasteiger partial charge on any atom is 0.125 e. The Morgan fingerprint density at radius 2 is 1.85 bits per heavy atom. The van der Waals surface area contributed by atoms with Crippen molar-refractivity contribution < 1.29 is 4.39 Å². The Morgan fingerprint density at radius 1 is 1.07 bits per heavy atom. The Labute approximate surface area is 161 Å². The van der Waals surface area contributed by atoms with Crippen molar-refractivity contribution in [2.45, 2.75) is 52.0 Å². The number of aromatic amines is 1. The molecule has 0 radical (unpaired) electrons. The molecule has 1 aliphatic heterocycles. The van der Waals surface area contributed by atoms with Crippen molar-refractivity contribution in [3.63, 3.8) is 0 Å². The van der Waals surface area contributed by atoms with Gasteiger partial charge in [0.2, 0.25) is 0 Å². The van der Waals surface area contributed by atoms with E-state index in [-0.39, 0.29) is 5.82 Å². The maximum atomic E-state index is 13.4. The maximum absolute atomic E-state index is 13.4. The average Bonchev–Trinajstić information content (AvgIpc) is 3.08. The van der Waals surface area contributed by atoms with Crippen LogP contribution in [0.2, 0.25) is 0 Å². The summed E-state index contributed by atoms with van der Waals surface area (Å²) >= 11 is 0. The van der Waals surface area contributed by atoms with Crippen molar-refractivity contribution in [1.29, 1.82) is 0 Å². The molecule has 0 amide bonds. The van der Waals surface area contributed by atoms with Gasteiger partial charge < -0.3 is 4.98 Å². The van der Waals surface area contributed by atoms with Gasteiger partial charge in [0.1, 0.15) is 5.82 Å². The summed E-state index contributed by atoms with van der Waals surface area (Å²) in [6.07, 6.45) is 7.49. The van der Waals surface area contributed by atoms with Crippen LogP contribution in [-0.2, 0) is 25.7 Å². The minimum atomic E-state index is -0.185. The predicted molar refractivity (Wildman–Crippen MR) is 111 cm³/mol. The van der Waals surface area contributed by atoms with Crippen molar-refractivity contribution >= 4 is 10.9 Å². The Hall–Kier alpha value is -2.13. The number of rotatable bonds is 5. The Morgan fingerprint density at radius 3 is 2.63 bits per heavy atom. The first kappa shape index (κ1) is 18.2. The van der Waals surface area contributed by atoms with Gasteiger partial charge in [0.15, 0.2) is 0 Å². The zero-order valence-electron chi connectivity index (χ0n) is 16.6. The molecule has 2 nitrogen and oxygen atoms in total. The molecule has 4 rings (SSSR count). The summed E-state index contributed by atoms with van der Waals surface area (Å²) in [7, 11) is 2.25. The highest BCUT2D eigenvalue weighted by Gasteiger charge is 2.25. The number of hydrogen-bond acceptors (Lipinski definition) is 1. The molecule has 2 aromatic carbocycles. The van der Waals surface area contributed by atoms with Crippen LogP contribution < -0.4 is 0 Å². The normalized spacial score (nSPS) is 17.4. The SMILES string of the molecule is CCc1cc2c(cc1CC)C(CCc1c[nH]c3cc(F)ccc13)N(C)CC2. The monoisotopic (exact) mass is 364 g/mol. The van der Waals surface area contributed by atoms with E-state index in [9.17, 15) is 4.39 Å². The minimum Gasteiger partial charge on any atom is -0.361 e. The Bertz CT molecular complexity index is 956. The van der Waals surface area contributed by atoms with Gasteiger partial charge in [-0.05, 0) is 85.2 Å². The van der Waals surface area contributed by atoms with Gasteiger partial charge in [-0.15, -0.1) is 0 Å². The molecule has 0 bridgehead atoms. The van der Waals surface area contributed by atoms with E-state index < -0.39 is 0 Å². The van der Waals surface area contributed by atoms with Crippen LogP contribution in [0, 0.1) is 5.82 Å². The highest BCUT2D eigenvalue weighted by molar-refractivity contribution is 5.83. The fourth-order valence-electron chi connectivity index (χ4n) is 4.67. The third kappa shape index (κ3) is 3.41. The lowest BCUT2D eigenvalue weighted by atomic mass is 9.85. The van der Waals surface area contributed by atoms with Crippen LogP contribution in [0.3, 0.4) is 0 Å². The molecule has 3 aromatic rings. The molecule has 0 fully saturated rings. The lowest BCUT2D eigenvalue weighted by molar-refractivity contribution is 0.219. The number of fused-ring (bicyclic) bond motifs is 2. The fraction of sp³-hybridized carbons (Fsp3) is 0.417. The third-order valence-electron chi connectivity index (χ3n) is 6.26. The first-order chi connectivity index (χ1) is 13.1. The number of nitrogens with one attached hydrogen (secondary N) is 1. The van der Waals surface area contributed by atoms with E-state index in [0.717, 1.165) is 49.6 Å². The largest absolute Gasteiger partial charge is 0.361 e. The summed E-state index contributed by atoms with van der Waals surface area (Å²) in [6.45, 7) is 5.63. The highest BCUT2D eigenvalue weighted by Crippen LogP contribution is 2.35. The summed E-state index contributed by atoms with van der Waals surface area (Å²) in [4.78, 5) is 5.73. The first-order valence-electron chi connectivity index (χ1n) is 10.2. The van der Waals surface area contributed by atoms with Gasteiger partial charge in [-0.1, -0.05) is 26.0 Å². The minimum absolute atomic E-state index is 0.185. The zero-order chi connectivity index (χ0) is 19.0. The Kier molecular flexibility index (Phi) is 5.05. The van der Waals surface area contributed by atoms with Gasteiger partial charge in [-0.3, -0.25) is 4.90 Å². The molecule has 0 saturated heterocycles.